The second-order valence-corrected chi connectivity index (χ2v) is 9.02. The molecule has 1 amide bonds. The Bertz CT molecular complexity index is 1500. The van der Waals surface area contributed by atoms with E-state index in [1.807, 2.05) is 78.9 Å². The van der Waals surface area contributed by atoms with Crippen molar-refractivity contribution in [2.24, 2.45) is 0 Å². The number of carbonyl (C=O) groups excluding carboxylic acids is 1. The molecule has 0 unspecified atom stereocenters. The first-order valence-corrected chi connectivity index (χ1v) is 11.8. The lowest BCUT2D eigenvalue weighted by Gasteiger charge is -2.10. The van der Waals surface area contributed by atoms with Crippen LogP contribution in [0.2, 0.25) is 5.02 Å². The van der Waals surface area contributed by atoms with Crippen LogP contribution in [0.5, 0.6) is 0 Å². The minimum atomic E-state index is -0.185. The fraction of sp³-hybridized carbons (Fsp3) is 0. The van der Waals surface area contributed by atoms with Gasteiger partial charge < -0.3 is 5.32 Å². The number of H-pyrrole nitrogens is 1. The highest BCUT2D eigenvalue weighted by Gasteiger charge is 2.13. The monoisotopic (exact) mass is 482 g/mol. The van der Waals surface area contributed by atoms with E-state index in [2.05, 4.69) is 20.5 Å². The number of pyridine rings is 1. The zero-order chi connectivity index (χ0) is 23.3. The highest BCUT2D eigenvalue weighted by molar-refractivity contribution is 7.99. The van der Waals surface area contributed by atoms with Crippen molar-refractivity contribution in [3.8, 4) is 0 Å². The number of aromatic amines is 1. The Hall–Kier alpha value is -3.87. The predicted molar refractivity (Wildman–Crippen MR) is 139 cm³/mol. The fourth-order valence-corrected chi connectivity index (χ4v) is 4.66. The summed E-state index contributed by atoms with van der Waals surface area (Å²) in [5.41, 5.74) is 3.89. The van der Waals surface area contributed by atoms with Gasteiger partial charge in [0.15, 0.2) is 0 Å². The second kappa shape index (κ2) is 9.95. The van der Waals surface area contributed by atoms with Crippen molar-refractivity contribution >= 4 is 58.0 Å². The molecule has 5 rings (SSSR count). The predicted octanol–water partition coefficient (Wildman–Crippen LogP) is 7.19. The number of hydrogen-bond acceptors (Lipinski definition) is 4. The highest BCUT2D eigenvalue weighted by Crippen LogP contribution is 2.33. The van der Waals surface area contributed by atoms with Crippen LogP contribution < -0.4 is 5.32 Å². The van der Waals surface area contributed by atoms with Gasteiger partial charge in [-0.05, 0) is 72.8 Å². The molecule has 0 atom stereocenters. The molecule has 0 saturated heterocycles. The summed E-state index contributed by atoms with van der Waals surface area (Å²) < 4.78 is 0. The lowest BCUT2D eigenvalue weighted by Crippen LogP contribution is -2.12. The second-order valence-electron chi connectivity index (χ2n) is 7.47. The lowest BCUT2D eigenvalue weighted by atomic mass is 10.2. The number of fused-ring (bicyclic) bond motifs is 1. The number of benzene rings is 3. The Morgan fingerprint density at radius 2 is 1.82 bits per heavy atom. The van der Waals surface area contributed by atoms with Gasteiger partial charge in [0, 0.05) is 32.1 Å². The molecular formula is C27H19ClN4OS. The van der Waals surface area contributed by atoms with Crippen LogP contribution in [0.25, 0.3) is 23.1 Å². The van der Waals surface area contributed by atoms with E-state index in [4.69, 9.17) is 11.6 Å². The van der Waals surface area contributed by atoms with Crippen LogP contribution in [-0.4, -0.2) is 21.1 Å². The van der Waals surface area contributed by atoms with Crippen LogP contribution >= 0.6 is 23.4 Å². The van der Waals surface area contributed by atoms with Crippen molar-refractivity contribution in [2.75, 3.05) is 5.32 Å². The standard InChI is InChI=1S/C27H19ClN4OS/c28-18-6-5-8-20(16-18)30-27(33)23-9-1-2-10-26(23)34-21-12-13-22-24(31-32-25(22)17-21)14-11-19-7-3-4-15-29-19/h1-17H,(H,30,33)(H,31,32)/b14-11+. The number of carbonyl (C=O) groups is 1. The number of nitrogens with one attached hydrogen (secondary N) is 2. The van der Waals surface area contributed by atoms with E-state index >= 15 is 0 Å². The number of amides is 1. The lowest BCUT2D eigenvalue weighted by molar-refractivity contribution is 0.102. The van der Waals surface area contributed by atoms with Gasteiger partial charge >= 0.3 is 0 Å². The van der Waals surface area contributed by atoms with Crippen molar-refractivity contribution in [1.29, 1.82) is 0 Å². The summed E-state index contributed by atoms with van der Waals surface area (Å²) in [6, 6.07) is 26.5. The molecular weight excluding hydrogens is 464 g/mol. The van der Waals surface area contributed by atoms with Gasteiger partial charge in [0.1, 0.15) is 0 Å². The molecule has 2 N–H and O–H groups in total. The van der Waals surface area contributed by atoms with Gasteiger partial charge in [-0.2, -0.15) is 5.10 Å². The molecule has 3 aromatic carbocycles. The van der Waals surface area contributed by atoms with Gasteiger partial charge in [0.2, 0.25) is 0 Å². The molecule has 5 nitrogen and oxygen atoms in total. The van der Waals surface area contributed by atoms with Crippen molar-refractivity contribution in [3.05, 3.63) is 113 Å². The maximum atomic E-state index is 12.9. The van der Waals surface area contributed by atoms with Gasteiger partial charge in [0.25, 0.3) is 5.91 Å². The molecule has 0 aliphatic heterocycles. The summed E-state index contributed by atoms with van der Waals surface area (Å²) in [6.07, 6.45) is 5.65. The molecule has 5 aromatic rings. The summed E-state index contributed by atoms with van der Waals surface area (Å²) in [4.78, 5) is 19.1. The van der Waals surface area contributed by atoms with Gasteiger partial charge in [0.05, 0.1) is 22.5 Å². The Balaban J connectivity index is 1.36. The number of rotatable bonds is 6. The Morgan fingerprint density at radius 1 is 0.941 bits per heavy atom. The molecule has 34 heavy (non-hydrogen) atoms. The number of nitrogens with zero attached hydrogens (tertiary/aromatic N) is 2. The van der Waals surface area contributed by atoms with Crippen LogP contribution in [0.4, 0.5) is 5.69 Å². The van der Waals surface area contributed by atoms with Crippen molar-refractivity contribution in [2.45, 2.75) is 9.79 Å². The third kappa shape index (κ3) is 5.03. The van der Waals surface area contributed by atoms with Crippen molar-refractivity contribution in [1.82, 2.24) is 15.2 Å². The first-order chi connectivity index (χ1) is 16.7. The third-order valence-electron chi connectivity index (χ3n) is 5.11. The largest absolute Gasteiger partial charge is 0.322 e. The van der Waals surface area contributed by atoms with Crippen LogP contribution in [0, 0.1) is 0 Å². The molecule has 0 bridgehead atoms. The molecule has 0 aliphatic carbocycles. The summed E-state index contributed by atoms with van der Waals surface area (Å²) in [5, 5.41) is 12.0. The van der Waals surface area contributed by atoms with E-state index in [9.17, 15) is 4.79 Å². The maximum Gasteiger partial charge on any atom is 0.256 e. The minimum Gasteiger partial charge on any atom is -0.322 e. The SMILES string of the molecule is O=C(Nc1cccc(Cl)c1)c1ccccc1Sc1ccc2c(/C=C/c3ccccn3)n[nH]c2c1. The molecule has 7 heteroatoms. The highest BCUT2D eigenvalue weighted by atomic mass is 35.5. The molecule has 2 aromatic heterocycles. The molecule has 166 valence electrons. The average molecular weight is 483 g/mol. The van der Waals surface area contributed by atoms with Crippen LogP contribution in [-0.2, 0) is 0 Å². The number of anilines is 1. The number of hydrogen-bond donors (Lipinski definition) is 2. The van der Waals surface area contributed by atoms with Gasteiger partial charge in [-0.15, -0.1) is 0 Å². The normalized spacial score (nSPS) is 11.2. The zero-order valence-electron chi connectivity index (χ0n) is 17.9. The average Bonchev–Trinajstić information content (AvgIpc) is 3.26. The summed E-state index contributed by atoms with van der Waals surface area (Å²) in [5.74, 6) is -0.185. The third-order valence-corrected chi connectivity index (χ3v) is 6.41. The zero-order valence-corrected chi connectivity index (χ0v) is 19.5. The summed E-state index contributed by atoms with van der Waals surface area (Å²) in [6.45, 7) is 0. The molecule has 0 radical (unpaired) electrons. The van der Waals surface area contributed by atoms with Gasteiger partial charge in [-0.1, -0.05) is 47.6 Å². The van der Waals surface area contributed by atoms with E-state index in [1.54, 1.807) is 24.4 Å². The Kier molecular flexibility index (Phi) is 6.42. The first-order valence-electron chi connectivity index (χ1n) is 10.6. The van der Waals surface area contributed by atoms with E-state index in [0.29, 0.717) is 16.3 Å². The Morgan fingerprint density at radius 3 is 2.68 bits per heavy atom. The van der Waals surface area contributed by atoms with E-state index in [0.717, 1.165) is 32.1 Å². The Labute approximate surface area is 205 Å². The van der Waals surface area contributed by atoms with Crippen molar-refractivity contribution < 1.29 is 4.79 Å². The maximum absolute atomic E-state index is 12.9. The van der Waals surface area contributed by atoms with Crippen LogP contribution in [0.3, 0.4) is 0 Å². The first kappa shape index (κ1) is 21.9. The summed E-state index contributed by atoms with van der Waals surface area (Å²) >= 11 is 7.57. The number of halogens is 1. The molecule has 0 spiro atoms. The summed E-state index contributed by atoms with van der Waals surface area (Å²) in [7, 11) is 0. The van der Waals surface area contributed by atoms with Gasteiger partial charge in [-0.25, -0.2) is 0 Å². The van der Waals surface area contributed by atoms with Crippen LogP contribution in [0.15, 0.2) is 101 Å². The smallest absolute Gasteiger partial charge is 0.256 e. The molecule has 0 fully saturated rings. The quantitative estimate of drug-likeness (QED) is 0.269. The molecule has 2 heterocycles. The minimum absolute atomic E-state index is 0.185. The van der Waals surface area contributed by atoms with E-state index in [1.165, 1.54) is 11.8 Å². The van der Waals surface area contributed by atoms with Crippen LogP contribution in [0.1, 0.15) is 21.7 Å². The van der Waals surface area contributed by atoms with Crippen molar-refractivity contribution in [3.63, 3.8) is 0 Å². The molecule has 0 saturated carbocycles. The number of aromatic nitrogens is 3. The van der Waals surface area contributed by atoms with E-state index in [-0.39, 0.29) is 5.91 Å². The molecule has 0 aliphatic rings. The van der Waals surface area contributed by atoms with E-state index < -0.39 is 0 Å². The topological polar surface area (TPSA) is 70.7 Å². The van der Waals surface area contributed by atoms with Gasteiger partial charge in [-0.3, -0.25) is 14.9 Å². The fourth-order valence-electron chi connectivity index (χ4n) is 3.48.